The van der Waals surface area contributed by atoms with Gasteiger partial charge in [0.25, 0.3) is 0 Å². The van der Waals surface area contributed by atoms with Gasteiger partial charge in [-0.1, -0.05) is 25.5 Å². The SMILES string of the molecule is COc1cc(C=C(CCl)C(C)C)cc2c1OCCO2. The maximum Gasteiger partial charge on any atom is 0.203 e. The Labute approximate surface area is 119 Å². The molecule has 1 aliphatic rings. The van der Waals surface area contributed by atoms with Crippen molar-refractivity contribution in [3.05, 3.63) is 23.3 Å². The highest BCUT2D eigenvalue weighted by Crippen LogP contribution is 2.41. The van der Waals surface area contributed by atoms with Gasteiger partial charge >= 0.3 is 0 Å². The van der Waals surface area contributed by atoms with Crippen LogP contribution in [0.4, 0.5) is 0 Å². The van der Waals surface area contributed by atoms with Crippen LogP contribution in [0.1, 0.15) is 19.4 Å². The number of ether oxygens (including phenoxy) is 3. The van der Waals surface area contributed by atoms with E-state index in [0.29, 0.717) is 36.5 Å². The number of fused-ring (bicyclic) bond motifs is 1. The Kier molecular flexibility index (Phi) is 4.59. The zero-order chi connectivity index (χ0) is 13.8. The molecule has 0 saturated heterocycles. The first-order chi connectivity index (χ1) is 9.15. The highest BCUT2D eigenvalue weighted by Gasteiger charge is 2.18. The lowest BCUT2D eigenvalue weighted by Gasteiger charge is -2.21. The molecular weight excluding hydrogens is 264 g/mol. The Morgan fingerprint density at radius 2 is 2.11 bits per heavy atom. The molecule has 0 aliphatic carbocycles. The molecule has 0 unspecified atom stereocenters. The summed E-state index contributed by atoms with van der Waals surface area (Å²) >= 11 is 5.97. The van der Waals surface area contributed by atoms with Gasteiger partial charge in [0.05, 0.1) is 7.11 Å². The molecule has 0 saturated carbocycles. The molecule has 2 rings (SSSR count). The Bertz CT molecular complexity index is 463. The third-order valence-electron chi connectivity index (χ3n) is 3.10. The van der Waals surface area contributed by atoms with Crippen molar-refractivity contribution in [3.8, 4) is 17.2 Å². The van der Waals surface area contributed by atoms with Crippen LogP contribution < -0.4 is 14.2 Å². The van der Waals surface area contributed by atoms with Crippen LogP contribution in [0.25, 0.3) is 6.08 Å². The summed E-state index contributed by atoms with van der Waals surface area (Å²) in [4.78, 5) is 0. The number of alkyl halides is 1. The van der Waals surface area contributed by atoms with Crippen molar-refractivity contribution >= 4 is 17.7 Å². The summed E-state index contributed by atoms with van der Waals surface area (Å²) in [5.41, 5.74) is 2.20. The highest BCUT2D eigenvalue weighted by atomic mass is 35.5. The van der Waals surface area contributed by atoms with Gasteiger partial charge in [-0.3, -0.25) is 0 Å². The largest absolute Gasteiger partial charge is 0.493 e. The summed E-state index contributed by atoms with van der Waals surface area (Å²) in [6.45, 7) is 5.38. The average Bonchev–Trinajstić information content (AvgIpc) is 2.43. The minimum Gasteiger partial charge on any atom is -0.493 e. The lowest BCUT2D eigenvalue weighted by molar-refractivity contribution is 0.165. The molecule has 0 radical (unpaired) electrons. The monoisotopic (exact) mass is 282 g/mol. The molecule has 0 atom stereocenters. The fraction of sp³-hybridized carbons (Fsp3) is 0.467. The summed E-state index contributed by atoms with van der Waals surface area (Å²) in [7, 11) is 1.63. The van der Waals surface area contributed by atoms with Gasteiger partial charge in [0.1, 0.15) is 13.2 Å². The quantitative estimate of drug-likeness (QED) is 0.787. The average molecular weight is 283 g/mol. The molecule has 1 aromatic carbocycles. The summed E-state index contributed by atoms with van der Waals surface area (Å²) in [5.74, 6) is 3.05. The smallest absolute Gasteiger partial charge is 0.203 e. The molecule has 0 N–H and O–H groups in total. The number of halogens is 1. The number of hydrogen-bond acceptors (Lipinski definition) is 3. The van der Waals surface area contributed by atoms with Crippen molar-refractivity contribution in [1.29, 1.82) is 0 Å². The van der Waals surface area contributed by atoms with Gasteiger partial charge in [-0.2, -0.15) is 0 Å². The molecule has 1 heterocycles. The van der Waals surface area contributed by atoms with Crippen molar-refractivity contribution in [3.63, 3.8) is 0 Å². The van der Waals surface area contributed by atoms with E-state index in [4.69, 9.17) is 25.8 Å². The normalized spacial score (nSPS) is 14.7. The van der Waals surface area contributed by atoms with E-state index in [1.807, 2.05) is 12.1 Å². The first-order valence-electron chi connectivity index (χ1n) is 6.39. The van der Waals surface area contributed by atoms with Crippen LogP contribution in [0.3, 0.4) is 0 Å². The van der Waals surface area contributed by atoms with E-state index in [-0.39, 0.29) is 0 Å². The van der Waals surface area contributed by atoms with E-state index < -0.39 is 0 Å². The third kappa shape index (κ3) is 3.16. The molecule has 0 bridgehead atoms. The van der Waals surface area contributed by atoms with Gasteiger partial charge in [0.2, 0.25) is 5.75 Å². The van der Waals surface area contributed by atoms with E-state index in [0.717, 1.165) is 11.3 Å². The van der Waals surface area contributed by atoms with Gasteiger partial charge in [-0.15, -0.1) is 11.6 Å². The van der Waals surface area contributed by atoms with Crippen molar-refractivity contribution in [2.45, 2.75) is 13.8 Å². The number of allylic oxidation sites excluding steroid dienone is 1. The molecule has 0 amide bonds. The summed E-state index contributed by atoms with van der Waals surface area (Å²) < 4.78 is 16.6. The minimum atomic E-state index is 0.414. The van der Waals surface area contributed by atoms with E-state index in [2.05, 4.69) is 19.9 Å². The molecule has 3 nitrogen and oxygen atoms in total. The lowest BCUT2D eigenvalue weighted by Crippen LogP contribution is -2.16. The molecule has 0 aromatic heterocycles. The fourth-order valence-electron chi connectivity index (χ4n) is 1.95. The molecule has 1 aliphatic heterocycles. The molecule has 4 heteroatoms. The van der Waals surface area contributed by atoms with E-state index in [1.54, 1.807) is 7.11 Å². The van der Waals surface area contributed by atoms with E-state index in [1.165, 1.54) is 5.57 Å². The fourth-order valence-corrected chi connectivity index (χ4v) is 2.34. The van der Waals surface area contributed by atoms with Crippen LogP contribution in [-0.2, 0) is 0 Å². The van der Waals surface area contributed by atoms with Gasteiger partial charge in [0.15, 0.2) is 11.5 Å². The summed E-state index contributed by atoms with van der Waals surface area (Å²) in [5, 5.41) is 0. The molecule has 0 spiro atoms. The van der Waals surface area contributed by atoms with Gasteiger partial charge in [-0.25, -0.2) is 0 Å². The van der Waals surface area contributed by atoms with Crippen LogP contribution in [-0.4, -0.2) is 26.2 Å². The third-order valence-corrected chi connectivity index (χ3v) is 3.41. The van der Waals surface area contributed by atoms with Crippen LogP contribution in [0.15, 0.2) is 17.7 Å². The molecule has 19 heavy (non-hydrogen) atoms. The number of rotatable bonds is 4. The predicted octanol–water partition coefficient (Wildman–Crippen LogP) is 3.74. The second-order valence-electron chi connectivity index (χ2n) is 4.75. The summed E-state index contributed by atoms with van der Waals surface area (Å²) in [6.07, 6.45) is 2.08. The van der Waals surface area contributed by atoms with Crippen LogP contribution in [0.2, 0.25) is 0 Å². The summed E-state index contributed by atoms with van der Waals surface area (Å²) in [6, 6.07) is 3.91. The molecule has 104 valence electrons. The van der Waals surface area contributed by atoms with Crippen LogP contribution in [0, 0.1) is 5.92 Å². The van der Waals surface area contributed by atoms with Gasteiger partial charge in [-0.05, 0) is 23.6 Å². The van der Waals surface area contributed by atoms with Crippen molar-refractivity contribution in [1.82, 2.24) is 0 Å². The van der Waals surface area contributed by atoms with E-state index in [9.17, 15) is 0 Å². The topological polar surface area (TPSA) is 27.7 Å². The van der Waals surface area contributed by atoms with Crippen molar-refractivity contribution < 1.29 is 14.2 Å². The highest BCUT2D eigenvalue weighted by molar-refractivity contribution is 6.19. The van der Waals surface area contributed by atoms with Gasteiger partial charge in [0, 0.05) is 5.88 Å². The second-order valence-corrected chi connectivity index (χ2v) is 5.02. The number of hydrogen-bond donors (Lipinski definition) is 0. The first kappa shape index (κ1) is 14.1. The number of methoxy groups -OCH3 is 1. The molecular formula is C15H19ClO3. The standard InChI is InChI=1S/C15H19ClO3/c1-10(2)12(9-16)6-11-7-13(17-3)15-14(8-11)18-4-5-19-15/h6-8,10H,4-5,9H2,1-3H3. The number of benzene rings is 1. The molecule has 0 fully saturated rings. The molecule has 1 aromatic rings. The Morgan fingerprint density at radius 3 is 2.74 bits per heavy atom. The minimum absolute atomic E-state index is 0.414. The second kappa shape index (κ2) is 6.20. The lowest BCUT2D eigenvalue weighted by atomic mass is 10.0. The maximum atomic E-state index is 5.97. The zero-order valence-electron chi connectivity index (χ0n) is 11.5. The van der Waals surface area contributed by atoms with Crippen LogP contribution >= 0.6 is 11.6 Å². The maximum absolute atomic E-state index is 5.97. The first-order valence-corrected chi connectivity index (χ1v) is 6.93. The Balaban J connectivity index is 2.42. The Morgan fingerprint density at radius 1 is 1.37 bits per heavy atom. The van der Waals surface area contributed by atoms with Gasteiger partial charge < -0.3 is 14.2 Å². The van der Waals surface area contributed by atoms with Crippen molar-refractivity contribution in [2.75, 3.05) is 26.2 Å². The van der Waals surface area contributed by atoms with E-state index >= 15 is 0 Å². The van der Waals surface area contributed by atoms with Crippen LogP contribution in [0.5, 0.6) is 17.2 Å². The Hall–Kier alpha value is -1.35. The van der Waals surface area contributed by atoms with Crippen molar-refractivity contribution in [2.24, 2.45) is 5.92 Å². The predicted molar refractivity (Wildman–Crippen MR) is 77.5 cm³/mol. The zero-order valence-corrected chi connectivity index (χ0v) is 12.3.